The topological polar surface area (TPSA) is 61.5 Å². The van der Waals surface area contributed by atoms with Gasteiger partial charge in [0.25, 0.3) is 0 Å². The van der Waals surface area contributed by atoms with Crippen LogP contribution in [0.3, 0.4) is 0 Å². The predicted molar refractivity (Wildman–Crippen MR) is 88.7 cm³/mol. The summed E-state index contributed by atoms with van der Waals surface area (Å²) in [6.45, 7) is 2.01. The molecule has 0 amide bonds. The molecule has 2 atom stereocenters. The summed E-state index contributed by atoms with van der Waals surface area (Å²) in [6.07, 6.45) is 4.38. The van der Waals surface area contributed by atoms with Gasteiger partial charge in [0.1, 0.15) is 5.82 Å². The maximum Gasteiger partial charge on any atom is 0.123 e. The van der Waals surface area contributed by atoms with E-state index in [0.717, 1.165) is 24.2 Å². The fraction of sp³-hybridized carbons (Fsp3) is 0.500. The molecule has 1 fully saturated rings. The number of aryl methyl sites for hydroxylation is 1. The smallest absolute Gasteiger partial charge is 0.123 e. The molecule has 0 aliphatic carbocycles. The van der Waals surface area contributed by atoms with Crippen LogP contribution in [-0.4, -0.2) is 50.7 Å². The minimum atomic E-state index is -0.627. The zero-order valence-corrected chi connectivity index (χ0v) is 13.9. The van der Waals surface area contributed by atoms with Crippen molar-refractivity contribution in [2.45, 2.75) is 25.5 Å². The van der Waals surface area contributed by atoms with Gasteiger partial charge >= 0.3 is 0 Å². The molecule has 3 rings (SSSR count). The second-order valence-electron chi connectivity index (χ2n) is 6.86. The van der Waals surface area contributed by atoms with E-state index in [1.165, 1.54) is 12.1 Å². The number of aliphatic hydroxyl groups is 2. The summed E-state index contributed by atoms with van der Waals surface area (Å²) in [5, 5.41) is 24.8. The fourth-order valence-electron chi connectivity index (χ4n) is 3.58. The molecule has 130 valence electrons. The lowest BCUT2D eigenvalue weighted by Gasteiger charge is -2.45. The Morgan fingerprint density at radius 2 is 2.04 bits per heavy atom. The van der Waals surface area contributed by atoms with Crippen LogP contribution in [0.2, 0.25) is 0 Å². The third-order valence-electron chi connectivity index (χ3n) is 4.91. The van der Waals surface area contributed by atoms with Gasteiger partial charge in [0.05, 0.1) is 18.9 Å². The molecule has 0 saturated carbocycles. The molecule has 0 radical (unpaired) electrons. The Morgan fingerprint density at radius 3 is 2.67 bits per heavy atom. The average molecular weight is 333 g/mol. The molecular weight excluding hydrogens is 309 g/mol. The van der Waals surface area contributed by atoms with Gasteiger partial charge in [-0.3, -0.25) is 9.58 Å². The van der Waals surface area contributed by atoms with Crippen LogP contribution in [0.15, 0.2) is 36.7 Å². The van der Waals surface area contributed by atoms with Gasteiger partial charge in [-0.05, 0) is 30.5 Å². The summed E-state index contributed by atoms with van der Waals surface area (Å²) in [7, 11) is 1.88. The highest BCUT2D eigenvalue weighted by Crippen LogP contribution is 2.34. The minimum absolute atomic E-state index is 0.102. The number of likely N-dealkylation sites (tertiary alicyclic amines) is 1. The van der Waals surface area contributed by atoms with E-state index < -0.39 is 11.5 Å². The van der Waals surface area contributed by atoms with Gasteiger partial charge in [-0.1, -0.05) is 12.1 Å². The Kier molecular flexibility index (Phi) is 4.99. The van der Waals surface area contributed by atoms with E-state index in [4.69, 9.17) is 0 Å². The first-order valence-electron chi connectivity index (χ1n) is 8.24. The maximum atomic E-state index is 13.1. The van der Waals surface area contributed by atoms with Crippen molar-refractivity contribution in [2.24, 2.45) is 12.5 Å². The van der Waals surface area contributed by atoms with Gasteiger partial charge < -0.3 is 10.2 Å². The zero-order chi connectivity index (χ0) is 17.2. The molecule has 1 aromatic carbocycles. The van der Waals surface area contributed by atoms with Gasteiger partial charge in [0.2, 0.25) is 0 Å². The van der Waals surface area contributed by atoms with E-state index in [-0.39, 0.29) is 12.4 Å². The van der Waals surface area contributed by atoms with Crippen LogP contribution in [-0.2, 0) is 20.0 Å². The molecule has 1 saturated heterocycles. The second-order valence-corrected chi connectivity index (χ2v) is 6.86. The summed E-state index contributed by atoms with van der Waals surface area (Å²) in [5.74, 6) is -0.279. The van der Waals surface area contributed by atoms with Crippen LogP contribution in [0.4, 0.5) is 4.39 Å². The normalized spacial score (nSPS) is 25.1. The third-order valence-corrected chi connectivity index (χ3v) is 4.91. The molecule has 5 nitrogen and oxygen atoms in total. The SMILES string of the molecule is Cn1cc(CN2CC[C@H](O)[C@@](CO)(Cc3ccc(F)cc3)C2)cn1. The van der Waals surface area contributed by atoms with Crippen molar-refractivity contribution < 1.29 is 14.6 Å². The average Bonchev–Trinajstić information content (AvgIpc) is 2.98. The number of hydrogen-bond acceptors (Lipinski definition) is 4. The fourth-order valence-corrected chi connectivity index (χ4v) is 3.58. The van der Waals surface area contributed by atoms with Crippen molar-refractivity contribution in [3.8, 4) is 0 Å². The molecule has 2 heterocycles. The van der Waals surface area contributed by atoms with Gasteiger partial charge in [-0.25, -0.2) is 4.39 Å². The van der Waals surface area contributed by atoms with Crippen LogP contribution < -0.4 is 0 Å². The Hall–Kier alpha value is -1.76. The number of nitrogens with zero attached hydrogens (tertiary/aromatic N) is 3. The largest absolute Gasteiger partial charge is 0.396 e. The van der Waals surface area contributed by atoms with Crippen molar-refractivity contribution >= 4 is 0 Å². The van der Waals surface area contributed by atoms with Crippen molar-refractivity contribution in [3.63, 3.8) is 0 Å². The number of aliphatic hydroxyl groups excluding tert-OH is 2. The molecule has 1 aromatic heterocycles. The van der Waals surface area contributed by atoms with E-state index in [0.29, 0.717) is 19.4 Å². The van der Waals surface area contributed by atoms with Gasteiger partial charge in [-0.2, -0.15) is 5.10 Å². The number of benzene rings is 1. The van der Waals surface area contributed by atoms with E-state index in [2.05, 4.69) is 10.00 Å². The van der Waals surface area contributed by atoms with Gasteiger partial charge in [-0.15, -0.1) is 0 Å². The molecule has 0 bridgehead atoms. The lowest BCUT2D eigenvalue weighted by molar-refractivity contribution is -0.0768. The lowest BCUT2D eigenvalue weighted by Crippen LogP contribution is -2.54. The summed E-state index contributed by atoms with van der Waals surface area (Å²) >= 11 is 0. The highest BCUT2D eigenvalue weighted by Gasteiger charge is 2.42. The number of piperidine rings is 1. The van der Waals surface area contributed by atoms with Crippen LogP contribution in [0, 0.1) is 11.2 Å². The summed E-state index contributed by atoms with van der Waals surface area (Å²) < 4.78 is 14.9. The van der Waals surface area contributed by atoms with Gasteiger partial charge in [0.15, 0.2) is 0 Å². The summed E-state index contributed by atoms with van der Waals surface area (Å²) in [6, 6.07) is 6.28. The number of aromatic nitrogens is 2. The third kappa shape index (κ3) is 3.66. The Balaban J connectivity index is 1.75. The molecule has 24 heavy (non-hydrogen) atoms. The van der Waals surface area contributed by atoms with Crippen LogP contribution in [0.25, 0.3) is 0 Å². The Labute approximate surface area is 141 Å². The van der Waals surface area contributed by atoms with E-state index >= 15 is 0 Å². The highest BCUT2D eigenvalue weighted by atomic mass is 19.1. The van der Waals surface area contributed by atoms with Crippen molar-refractivity contribution in [2.75, 3.05) is 19.7 Å². The molecular formula is C18H24FN3O2. The van der Waals surface area contributed by atoms with E-state index in [1.807, 2.05) is 19.4 Å². The molecule has 0 spiro atoms. The second kappa shape index (κ2) is 7.01. The molecule has 2 N–H and O–H groups in total. The maximum absolute atomic E-state index is 13.1. The van der Waals surface area contributed by atoms with Gasteiger partial charge in [0, 0.05) is 43.9 Å². The van der Waals surface area contributed by atoms with E-state index in [1.54, 1.807) is 16.8 Å². The number of hydrogen-bond donors (Lipinski definition) is 2. The zero-order valence-electron chi connectivity index (χ0n) is 13.9. The summed E-state index contributed by atoms with van der Waals surface area (Å²) in [5.41, 5.74) is 1.41. The standard InChI is InChI=1S/C18H24FN3O2/c1-21-10-15(9-20-21)11-22-7-6-17(24)18(12-22,13-23)8-14-2-4-16(19)5-3-14/h2-5,9-10,17,23-24H,6-8,11-13H2,1H3/t17-,18-/m0/s1. The monoisotopic (exact) mass is 333 g/mol. The highest BCUT2D eigenvalue weighted by molar-refractivity contribution is 5.19. The van der Waals surface area contributed by atoms with Crippen molar-refractivity contribution in [3.05, 3.63) is 53.6 Å². The summed E-state index contributed by atoms with van der Waals surface area (Å²) in [4.78, 5) is 2.24. The quantitative estimate of drug-likeness (QED) is 0.867. The molecule has 6 heteroatoms. The predicted octanol–water partition coefficient (Wildman–Crippen LogP) is 1.35. The number of halogens is 1. The van der Waals surface area contributed by atoms with Crippen molar-refractivity contribution in [1.29, 1.82) is 0 Å². The van der Waals surface area contributed by atoms with Crippen molar-refractivity contribution in [1.82, 2.24) is 14.7 Å². The first-order valence-corrected chi connectivity index (χ1v) is 8.24. The molecule has 2 aromatic rings. The first kappa shape index (κ1) is 17.1. The molecule has 1 aliphatic rings. The van der Waals surface area contributed by atoms with Crippen LogP contribution in [0.5, 0.6) is 0 Å². The first-order chi connectivity index (χ1) is 11.5. The van der Waals surface area contributed by atoms with E-state index in [9.17, 15) is 14.6 Å². The minimum Gasteiger partial charge on any atom is -0.396 e. The number of rotatable bonds is 5. The Morgan fingerprint density at radius 1 is 1.29 bits per heavy atom. The Bertz CT molecular complexity index is 673. The van der Waals surface area contributed by atoms with Crippen LogP contribution >= 0.6 is 0 Å². The lowest BCUT2D eigenvalue weighted by atomic mass is 9.73. The molecule has 1 aliphatic heterocycles. The van der Waals surface area contributed by atoms with Crippen LogP contribution in [0.1, 0.15) is 17.5 Å². The molecule has 0 unspecified atom stereocenters.